The molecule has 0 bridgehead atoms. The van der Waals surface area contributed by atoms with E-state index >= 15 is 0 Å². The molecule has 84 valence electrons. The van der Waals surface area contributed by atoms with Gasteiger partial charge >= 0.3 is 12.1 Å². The number of likely N-dealkylation sites (N-methyl/N-ethyl adjacent to an activating group) is 1. The van der Waals surface area contributed by atoms with Crippen LogP contribution in [-0.2, 0) is 0 Å². The lowest BCUT2D eigenvalue weighted by Crippen LogP contribution is -2.39. The Labute approximate surface area is 88.7 Å². The molecular weight excluding hydrogens is 196 g/mol. The molecule has 1 atom stereocenters. The smallest absolute Gasteiger partial charge is 0.311 e. The van der Waals surface area contributed by atoms with Gasteiger partial charge in [0.25, 0.3) is 0 Å². The van der Waals surface area contributed by atoms with Crippen molar-refractivity contribution in [3.8, 4) is 0 Å². The van der Waals surface area contributed by atoms with Gasteiger partial charge in [-0.3, -0.25) is 4.90 Å². The van der Waals surface area contributed by atoms with Crippen LogP contribution in [-0.4, -0.2) is 35.5 Å². The summed E-state index contributed by atoms with van der Waals surface area (Å²) in [5.41, 5.74) is 0. The van der Waals surface area contributed by atoms with Crippen molar-refractivity contribution >= 4 is 17.9 Å². The Balaban J connectivity index is 0.000000337. The summed E-state index contributed by atoms with van der Waals surface area (Å²) in [5, 5.41) is 5.07. The average molecular weight is 212 g/mol. The van der Waals surface area contributed by atoms with Crippen molar-refractivity contribution in [3.05, 3.63) is 0 Å². The number of nitrogens with one attached hydrogen (secondary N) is 2. The Kier molecular flexibility index (Phi) is 3.65. The van der Waals surface area contributed by atoms with Crippen LogP contribution in [0.5, 0.6) is 0 Å². The number of urea groups is 2. The number of amides is 4. The van der Waals surface area contributed by atoms with Crippen LogP contribution in [0.25, 0.3) is 0 Å². The van der Waals surface area contributed by atoms with Crippen molar-refractivity contribution in [2.45, 2.75) is 33.4 Å². The second-order valence-electron chi connectivity index (χ2n) is 3.25. The maximum atomic E-state index is 11.1. The average Bonchev–Trinajstić information content (AvgIpc) is 2.61. The molecule has 0 aromatic heterocycles. The van der Waals surface area contributed by atoms with Crippen molar-refractivity contribution in [1.82, 2.24) is 15.5 Å². The third-order valence-electron chi connectivity index (χ3n) is 1.85. The highest BCUT2D eigenvalue weighted by atomic mass is 16.2. The maximum Gasteiger partial charge on any atom is 0.344 e. The van der Waals surface area contributed by atoms with Gasteiger partial charge in [0.2, 0.25) is 0 Å². The van der Waals surface area contributed by atoms with E-state index < -0.39 is 12.2 Å². The molecule has 1 saturated heterocycles. The molecular formula is C9H16N4O2. The van der Waals surface area contributed by atoms with Gasteiger partial charge in [-0.25, -0.2) is 9.59 Å². The topological polar surface area (TPSA) is 73.8 Å². The first kappa shape index (κ1) is 11.5. The molecule has 0 aliphatic carbocycles. The van der Waals surface area contributed by atoms with Gasteiger partial charge in [-0.1, -0.05) is 20.3 Å². The first-order valence-electron chi connectivity index (χ1n) is 5.11. The minimum atomic E-state index is -0.412. The van der Waals surface area contributed by atoms with Gasteiger partial charge < -0.3 is 10.6 Å². The zero-order valence-corrected chi connectivity index (χ0v) is 9.20. The molecule has 2 aliphatic heterocycles. The monoisotopic (exact) mass is 212 g/mol. The van der Waals surface area contributed by atoms with E-state index in [-0.39, 0.29) is 6.03 Å². The number of amidine groups is 1. The van der Waals surface area contributed by atoms with Gasteiger partial charge in [0, 0.05) is 6.54 Å². The first-order chi connectivity index (χ1) is 7.13. The van der Waals surface area contributed by atoms with Crippen LogP contribution in [0.1, 0.15) is 27.2 Å². The molecule has 1 unspecified atom stereocenters. The number of fused-ring (bicyclic) bond motifs is 1. The van der Waals surface area contributed by atoms with E-state index in [1.54, 1.807) is 0 Å². The fourth-order valence-electron chi connectivity index (χ4n) is 1.32. The number of aliphatic imine (C=N–C) groups is 1. The third kappa shape index (κ3) is 2.26. The standard InChI is InChI=1S/C6H8N4O2.C3H8/c1-2-10-4-3(8-6(10)12)7-5(11)9-4;1-3-2/h3H,2H2,1H3,(H,7,11)(H,8,12);3H2,1-2H3. The van der Waals surface area contributed by atoms with Gasteiger partial charge in [-0.15, -0.1) is 0 Å². The second kappa shape index (κ2) is 4.77. The number of carbonyl (C=O) groups is 2. The van der Waals surface area contributed by atoms with Crippen LogP contribution in [0.3, 0.4) is 0 Å². The van der Waals surface area contributed by atoms with Gasteiger partial charge in [0.1, 0.15) is 0 Å². The summed E-state index contributed by atoms with van der Waals surface area (Å²) in [6.07, 6.45) is 0.838. The lowest BCUT2D eigenvalue weighted by Gasteiger charge is -2.09. The third-order valence-corrected chi connectivity index (χ3v) is 1.85. The normalized spacial score (nSPS) is 22.5. The molecule has 4 amide bonds. The minimum absolute atomic E-state index is 0.207. The van der Waals surface area contributed by atoms with Gasteiger partial charge in [-0.05, 0) is 6.92 Å². The van der Waals surface area contributed by atoms with E-state index in [9.17, 15) is 9.59 Å². The van der Waals surface area contributed by atoms with Crippen LogP contribution in [0.4, 0.5) is 9.59 Å². The van der Waals surface area contributed by atoms with E-state index in [0.717, 1.165) is 0 Å². The molecule has 6 nitrogen and oxygen atoms in total. The SMILES string of the molecule is CCC.CCN1C(=O)NC2NC(=O)N=C21. The molecule has 2 heterocycles. The molecule has 2 N–H and O–H groups in total. The fourth-order valence-corrected chi connectivity index (χ4v) is 1.32. The molecule has 0 aromatic rings. The number of carbonyl (C=O) groups excluding carboxylic acids is 2. The van der Waals surface area contributed by atoms with E-state index in [0.29, 0.717) is 12.4 Å². The molecule has 0 radical (unpaired) electrons. The van der Waals surface area contributed by atoms with E-state index in [1.165, 1.54) is 11.3 Å². The summed E-state index contributed by atoms with van der Waals surface area (Å²) in [7, 11) is 0. The summed E-state index contributed by atoms with van der Waals surface area (Å²) in [6, 6.07) is -0.602. The van der Waals surface area contributed by atoms with Gasteiger partial charge in [0.05, 0.1) is 0 Å². The predicted molar refractivity (Wildman–Crippen MR) is 56.6 cm³/mol. The Morgan fingerprint density at radius 1 is 1.27 bits per heavy atom. The van der Waals surface area contributed by atoms with E-state index in [4.69, 9.17) is 0 Å². The summed E-state index contributed by atoms with van der Waals surface area (Å²) < 4.78 is 0. The Bertz CT molecular complexity index is 300. The quantitative estimate of drug-likeness (QED) is 0.677. The van der Waals surface area contributed by atoms with Gasteiger partial charge in [-0.2, -0.15) is 4.99 Å². The van der Waals surface area contributed by atoms with Crippen molar-refractivity contribution in [1.29, 1.82) is 0 Å². The molecule has 6 heteroatoms. The lowest BCUT2D eigenvalue weighted by atomic mass is 10.4. The Morgan fingerprint density at radius 2 is 1.87 bits per heavy atom. The summed E-state index contributed by atoms with van der Waals surface area (Å²) in [6.45, 7) is 6.60. The predicted octanol–water partition coefficient (Wildman–Crippen LogP) is 0.896. The summed E-state index contributed by atoms with van der Waals surface area (Å²) in [5.74, 6) is 0.479. The minimum Gasteiger partial charge on any atom is -0.311 e. The van der Waals surface area contributed by atoms with E-state index in [2.05, 4.69) is 29.5 Å². The highest BCUT2D eigenvalue weighted by Crippen LogP contribution is 2.10. The van der Waals surface area contributed by atoms with E-state index in [1.807, 2.05) is 6.92 Å². The van der Waals surface area contributed by atoms with Crippen LogP contribution >= 0.6 is 0 Å². The number of nitrogens with zero attached hydrogens (tertiary/aromatic N) is 2. The van der Waals surface area contributed by atoms with Crippen molar-refractivity contribution in [2.75, 3.05) is 6.54 Å². The molecule has 2 aliphatic rings. The summed E-state index contributed by atoms with van der Waals surface area (Å²) >= 11 is 0. The Morgan fingerprint density at radius 3 is 2.40 bits per heavy atom. The largest absolute Gasteiger partial charge is 0.344 e. The van der Waals surface area contributed by atoms with Crippen LogP contribution < -0.4 is 10.6 Å². The molecule has 1 fully saturated rings. The fraction of sp³-hybridized carbons (Fsp3) is 0.667. The second-order valence-corrected chi connectivity index (χ2v) is 3.25. The highest BCUT2D eigenvalue weighted by molar-refractivity contribution is 6.14. The maximum absolute atomic E-state index is 11.1. The zero-order chi connectivity index (χ0) is 11.4. The summed E-state index contributed by atoms with van der Waals surface area (Å²) in [4.78, 5) is 27.0. The van der Waals surface area contributed by atoms with Gasteiger partial charge in [0.15, 0.2) is 12.0 Å². The highest BCUT2D eigenvalue weighted by Gasteiger charge is 2.40. The molecule has 0 saturated carbocycles. The molecule has 0 spiro atoms. The Hall–Kier alpha value is -1.59. The van der Waals surface area contributed by atoms with Crippen molar-refractivity contribution < 1.29 is 9.59 Å². The number of rotatable bonds is 1. The molecule has 0 aromatic carbocycles. The number of hydrogen-bond donors (Lipinski definition) is 2. The van der Waals surface area contributed by atoms with Crippen LogP contribution in [0.2, 0.25) is 0 Å². The van der Waals surface area contributed by atoms with Crippen molar-refractivity contribution in [3.63, 3.8) is 0 Å². The van der Waals surface area contributed by atoms with Crippen LogP contribution in [0, 0.1) is 0 Å². The lowest BCUT2D eigenvalue weighted by molar-refractivity contribution is 0.227. The van der Waals surface area contributed by atoms with Crippen molar-refractivity contribution in [2.24, 2.45) is 4.99 Å². The molecule has 15 heavy (non-hydrogen) atoms. The zero-order valence-electron chi connectivity index (χ0n) is 9.20. The molecule has 2 rings (SSSR count). The number of hydrogen-bond acceptors (Lipinski definition) is 2. The van der Waals surface area contributed by atoms with Crippen LogP contribution in [0.15, 0.2) is 4.99 Å². The first-order valence-corrected chi connectivity index (χ1v) is 5.11.